The Morgan fingerprint density at radius 2 is 1.83 bits per heavy atom. The summed E-state index contributed by atoms with van der Waals surface area (Å²) in [5, 5.41) is 0. The van der Waals surface area contributed by atoms with Crippen LogP contribution in [0.3, 0.4) is 0 Å². The zero-order chi connectivity index (χ0) is 13.1. The van der Waals surface area contributed by atoms with Crippen LogP contribution in [0, 0.1) is 17.6 Å². The first-order chi connectivity index (χ1) is 8.58. The predicted octanol–water partition coefficient (Wildman–Crippen LogP) is 2.41. The average Bonchev–Trinajstić information content (AvgIpc) is 2.28. The second-order valence-corrected chi connectivity index (χ2v) is 4.77. The highest BCUT2D eigenvalue weighted by molar-refractivity contribution is 5.55. The van der Waals surface area contributed by atoms with Crippen LogP contribution in [0.15, 0.2) is 12.1 Å². The number of nitrogens with zero attached hydrogens (tertiary/aromatic N) is 1. The van der Waals surface area contributed by atoms with Gasteiger partial charge in [-0.15, -0.1) is 0 Å². The average molecular weight is 256 g/mol. The van der Waals surface area contributed by atoms with E-state index >= 15 is 0 Å². The van der Waals surface area contributed by atoms with Gasteiger partial charge in [0.2, 0.25) is 0 Å². The number of benzene rings is 1. The lowest BCUT2D eigenvalue weighted by Crippen LogP contribution is -2.30. The van der Waals surface area contributed by atoms with Gasteiger partial charge in [-0.3, -0.25) is 0 Å². The fraction of sp³-hybridized carbons (Fsp3) is 0.538. The number of nitrogen functional groups attached to an aromatic ring is 1. The van der Waals surface area contributed by atoms with Crippen LogP contribution in [0.2, 0.25) is 0 Å². The molecule has 0 atom stereocenters. The molecule has 0 unspecified atom stereocenters. The molecule has 0 aromatic heterocycles. The van der Waals surface area contributed by atoms with E-state index in [-0.39, 0.29) is 11.4 Å². The second kappa shape index (κ2) is 5.52. The summed E-state index contributed by atoms with van der Waals surface area (Å²) in [6.07, 6.45) is 1.87. The first-order valence-electron chi connectivity index (χ1n) is 6.11. The van der Waals surface area contributed by atoms with Gasteiger partial charge in [-0.1, -0.05) is 0 Å². The van der Waals surface area contributed by atoms with Gasteiger partial charge in [-0.05, 0) is 30.9 Å². The van der Waals surface area contributed by atoms with E-state index in [1.54, 1.807) is 11.9 Å². The van der Waals surface area contributed by atoms with Crippen molar-refractivity contribution in [1.29, 1.82) is 0 Å². The molecule has 2 rings (SSSR count). The summed E-state index contributed by atoms with van der Waals surface area (Å²) in [6, 6.07) is 2.30. The van der Waals surface area contributed by atoms with Gasteiger partial charge in [0.25, 0.3) is 0 Å². The first kappa shape index (κ1) is 13.1. The third-order valence-corrected chi connectivity index (χ3v) is 3.29. The van der Waals surface area contributed by atoms with Gasteiger partial charge in [-0.25, -0.2) is 8.78 Å². The van der Waals surface area contributed by atoms with Crippen LogP contribution < -0.4 is 10.6 Å². The minimum atomic E-state index is -0.609. The third-order valence-electron chi connectivity index (χ3n) is 3.29. The van der Waals surface area contributed by atoms with Gasteiger partial charge < -0.3 is 15.4 Å². The topological polar surface area (TPSA) is 38.5 Å². The summed E-state index contributed by atoms with van der Waals surface area (Å²) in [4.78, 5) is 1.63. The van der Waals surface area contributed by atoms with Crippen LogP contribution in [0.4, 0.5) is 20.2 Å². The lowest BCUT2D eigenvalue weighted by Gasteiger charge is -2.28. The van der Waals surface area contributed by atoms with Crippen LogP contribution in [0.5, 0.6) is 0 Å². The monoisotopic (exact) mass is 256 g/mol. The SMILES string of the molecule is CN(CC1CCOCC1)c1c(F)cc(N)cc1F. The molecule has 2 N–H and O–H groups in total. The van der Waals surface area contributed by atoms with Crippen LogP contribution in [0.1, 0.15) is 12.8 Å². The number of ether oxygens (including phenoxy) is 1. The maximum Gasteiger partial charge on any atom is 0.151 e. The van der Waals surface area contributed by atoms with Crippen molar-refractivity contribution in [2.24, 2.45) is 5.92 Å². The zero-order valence-corrected chi connectivity index (χ0v) is 10.5. The molecule has 5 heteroatoms. The fourth-order valence-electron chi connectivity index (χ4n) is 2.36. The van der Waals surface area contributed by atoms with Gasteiger partial charge in [0, 0.05) is 32.5 Å². The van der Waals surface area contributed by atoms with E-state index in [9.17, 15) is 8.78 Å². The summed E-state index contributed by atoms with van der Waals surface area (Å²) >= 11 is 0. The van der Waals surface area contributed by atoms with Gasteiger partial charge in [0.1, 0.15) is 5.69 Å². The summed E-state index contributed by atoms with van der Waals surface area (Å²) in [5.74, 6) is -0.802. The van der Waals surface area contributed by atoms with Crippen LogP contribution in [-0.2, 0) is 4.74 Å². The summed E-state index contributed by atoms with van der Waals surface area (Å²) in [5.41, 5.74) is 5.50. The van der Waals surface area contributed by atoms with E-state index < -0.39 is 11.6 Å². The molecule has 0 radical (unpaired) electrons. The van der Waals surface area contributed by atoms with Gasteiger partial charge >= 0.3 is 0 Å². The number of hydrogen-bond donors (Lipinski definition) is 1. The minimum Gasteiger partial charge on any atom is -0.399 e. The van der Waals surface area contributed by atoms with Crippen molar-refractivity contribution in [2.75, 3.05) is 37.4 Å². The van der Waals surface area contributed by atoms with E-state index in [1.807, 2.05) is 0 Å². The molecule has 1 fully saturated rings. The van der Waals surface area contributed by atoms with Crippen LogP contribution >= 0.6 is 0 Å². The molecule has 0 aliphatic carbocycles. The zero-order valence-electron chi connectivity index (χ0n) is 10.5. The summed E-state index contributed by atoms with van der Waals surface area (Å²) < 4.78 is 32.7. The number of nitrogens with two attached hydrogens (primary N) is 1. The van der Waals surface area contributed by atoms with Gasteiger partial charge in [0.15, 0.2) is 11.6 Å². The predicted molar refractivity (Wildman–Crippen MR) is 67.6 cm³/mol. The molecule has 100 valence electrons. The quantitative estimate of drug-likeness (QED) is 0.844. The summed E-state index contributed by atoms with van der Waals surface area (Å²) in [6.45, 7) is 2.08. The first-order valence-corrected chi connectivity index (χ1v) is 6.11. The second-order valence-electron chi connectivity index (χ2n) is 4.77. The number of rotatable bonds is 3. The van der Waals surface area contributed by atoms with Crippen molar-refractivity contribution in [1.82, 2.24) is 0 Å². The lowest BCUT2D eigenvalue weighted by molar-refractivity contribution is 0.0684. The molecule has 1 aromatic rings. The van der Waals surface area contributed by atoms with E-state index in [1.165, 1.54) is 0 Å². The smallest absolute Gasteiger partial charge is 0.151 e. The van der Waals surface area contributed by atoms with Crippen molar-refractivity contribution in [2.45, 2.75) is 12.8 Å². The molecule has 1 aliphatic heterocycles. The molecule has 1 aliphatic rings. The Morgan fingerprint density at radius 3 is 2.39 bits per heavy atom. The number of halogens is 2. The largest absolute Gasteiger partial charge is 0.399 e. The highest BCUT2D eigenvalue weighted by Gasteiger charge is 2.20. The minimum absolute atomic E-state index is 0.00399. The number of hydrogen-bond acceptors (Lipinski definition) is 3. The van der Waals surface area contributed by atoms with Crippen molar-refractivity contribution in [3.8, 4) is 0 Å². The number of anilines is 2. The molecule has 3 nitrogen and oxygen atoms in total. The molecule has 0 spiro atoms. The molecule has 1 aromatic carbocycles. The van der Waals surface area contributed by atoms with Crippen LogP contribution in [-0.4, -0.2) is 26.8 Å². The van der Waals surface area contributed by atoms with Gasteiger partial charge in [0.05, 0.1) is 0 Å². The Morgan fingerprint density at radius 1 is 1.28 bits per heavy atom. The Balaban J connectivity index is 2.10. The highest BCUT2D eigenvalue weighted by Crippen LogP contribution is 2.27. The molecular weight excluding hydrogens is 238 g/mol. The standard InChI is InChI=1S/C13H18F2N2O/c1-17(8-9-2-4-18-5-3-9)13-11(14)6-10(16)7-12(13)15/h6-7,9H,2-5,8,16H2,1H3. The van der Waals surface area contributed by atoms with Crippen molar-refractivity contribution < 1.29 is 13.5 Å². The van der Waals surface area contributed by atoms with Crippen molar-refractivity contribution in [3.05, 3.63) is 23.8 Å². The highest BCUT2D eigenvalue weighted by atomic mass is 19.1. The van der Waals surface area contributed by atoms with Crippen LogP contribution in [0.25, 0.3) is 0 Å². The van der Waals surface area contributed by atoms with E-state index in [0.29, 0.717) is 12.5 Å². The Kier molecular flexibility index (Phi) is 4.01. The molecule has 0 saturated carbocycles. The molecule has 1 saturated heterocycles. The van der Waals surface area contributed by atoms with Gasteiger partial charge in [-0.2, -0.15) is 0 Å². The molecular formula is C13H18F2N2O. The summed E-state index contributed by atoms with van der Waals surface area (Å²) in [7, 11) is 1.70. The Hall–Kier alpha value is -1.36. The van der Waals surface area contributed by atoms with Crippen molar-refractivity contribution in [3.63, 3.8) is 0 Å². The van der Waals surface area contributed by atoms with E-state index in [4.69, 9.17) is 10.5 Å². The molecule has 0 bridgehead atoms. The Bertz CT molecular complexity index is 396. The maximum atomic E-state index is 13.7. The van der Waals surface area contributed by atoms with Crippen molar-refractivity contribution >= 4 is 11.4 Å². The molecule has 0 amide bonds. The fourth-order valence-corrected chi connectivity index (χ4v) is 2.36. The van der Waals surface area contributed by atoms with E-state index in [2.05, 4.69) is 0 Å². The molecule has 18 heavy (non-hydrogen) atoms. The Labute approximate surface area is 106 Å². The lowest BCUT2D eigenvalue weighted by atomic mass is 9.99. The maximum absolute atomic E-state index is 13.7. The molecule has 1 heterocycles. The normalized spacial score (nSPS) is 16.8. The van der Waals surface area contributed by atoms with E-state index in [0.717, 1.165) is 38.2 Å². The third kappa shape index (κ3) is 2.90.